The first-order valence-electron chi connectivity index (χ1n) is 4.58. The van der Waals surface area contributed by atoms with Gasteiger partial charge in [-0.1, -0.05) is 5.57 Å². The summed E-state index contributed by atoms with van der Waals surface area (Å²) in [5.74, 6) is -0.153. The molecule has 1 amide bonds. The van der Waals surface area contributed by atoms with Gasteiger partial charge in [0.1, 0.15) is 0 Å². The normalized spacial score (nSPS) is 8.87. The largest absolute Gasteiger partial charge is 0.323 e. The van der Waals surface area contributed by atoms with Crippen molar-refractivity contribution in [3.63, 3.8) is 0 Å². The Hall–Kier alpha value is -2.08. The lowest BCUT2D eigenvalue weighted by Gasteiger charge is -2.01. The Morgan fingerprint density at radius 2 is 1.93 bits per heavy atom. The summed E-state index contributed by atoms with van der Waals surface area (Å²) >= 11 is 0. The van der Waals surface area contributed by atoms with Gasteiger partial charge in [0.25, 0.3) is 0 Å². The van der Waals surface area contributed by atoms with Crippen molar-refractivity contribution in [1.29, 1.82) is 5.26 Å². The van der Waals surface area contributed by atoms with E-state index in [2.05, 4.69) is 5.32 Å². The molecule has 1 N–H and O–H groups in total. The zero-order valence-corrected chi connectivity index (χ0v) is 8.74. The van der Waals surface area contributed by atoms with Crippen LogP contribution in [-0.4, -0.2) is 5.91 Å². The Bertz CT molecular complexity index is 420. The highest BCUT2D eigenvalue weighted by molar-refractivity contribution is 5.99. The molecule has 0 fully saturated rings. The monoisotopic (exact) mass is 200 g/mol. The zero-order chi connectivity index (χ0) is 11.3. The Labute approximate surface area is 89.0 Å². The van der Waals surface area contributed by atoms with Crippen LogP contribution in [0.5, 0.6) is 0 Å². The number of rotatable bonds is 2. The summed E-state index contributed by atoms with van der Waals surface area (Å²) in [6.07, 6.45) is 1.53. The summed E-state index contributed by atoms with van der Waals surface area (Å²) in [7, 11) is 0. The lowest BCUT2D eigenvalue weighted by Crippen LogP contribution is -2.08. The van der Waals surface area contributed by atoms with E-state index in [9.17, 15) is 4.79 Å². The standard InChI is InChI=1S/C12H12N2O/c1-9(2)7-12(15)14-11-5-3-10(8-13)4-6-11/h3-7H,1-2H3,(H,14,15). The van der Waals surface area contributed by atoms with E-state index in [1.807, 2.05) is 19.9 Å². The fraction of sp³-hybridized carbons (Fsp3) is 0.167. The molecule has 0 saturated carbocycles. The van der Waals surface area contributed by atoms with Crippen molar-refractivity contribution in [2.75, 3.05) is 5.32 Å². The highest BCUT2D eigenvalue weighted by Crippen LogP contribution is 2.08. The number of amides is 1. The van der Waals surface area contributed by atoms with E-state index in [0.29, 0.717) is 11.3 Å². The second-order valence-electron chi connectivity index (χ2n) is 3.40. The van der Waals surface area contributed by atoms with Crippen molar-refractivity contribution >= 4 is 11.6 Å². The molecule has 0 aliphatic heterocycles. The maximum atomic E-state index is 11.3. The number of allylic oxidation sites excluding steroid dienone is 1. The Kier molecular flexibility index (Phi) is 3.64. The molecule has 76 valence electrons. The maximum Gasteiger partial charge on any atom is 0.248 e. The fourth-order valence-corrected chi connectivity index (χ4v) is 1.07. The lowest BCUT2D eigenvalue weighted by atomic mass is 10.2. The van der Waals surface area contributed by atoms with Gasteiger partial charge in [0.2, 0.25) is 5.91 Å². The average molecular weight is 200 g/mol. The zero-order valence-electron chi connectivity index (χ0n) is 8.74. The molecule has 0 heterocycles. The quantitative estimate of drug-likeness (QED) is 0.745. The first-order valence-corrected chi connectivity index (χ1v) is 4.58. The molecule has 0 bridgehead atoms. The van der Waals surface area contributed by atoms with Crippen LogP contribution in [0.1, 0.15) is 19.4 Å². The third kappa shape index (κ3) is 3.65. The number of benzene rings is 1. The van der Waals surface area contributed by atoms with Gasteiger partial charge in [-0.3, -0.25) is 4.79 Å². The summed E-state index contributed by atoms with van der Waals surface area (Å²) in [5.41, 5.74) is 2.22. The van der Waals surface area contributed by atoms with E-state index in [0.717, 1.165) is 5.57 Å². The molecule has 1 rings (SSSR count). The second-order valence-corrected chi connectivity index (χ2v) is 3.40. The van der Waals surface area contributed by atoms with E-state index >= 15 is 0 Å². The van der Waals surface area contributed by atoms with Crippen LogP contribution < -0.4 is 5.32 Å². The minimum atomic E-state index is -0.153. The van der Waals surface area contributed by atoms with Crippen molar-refractivity contribution in [1.82, 2.24) is 0 Å². The molecule has 0 aliphatic rings. The van der Waals surface area contributed by atoms with Gasteiger partial charge < -0.3 is 5.32 Å². The van der Waals surface area contributed by atoms with Crippen molar-refractivity contribution in [3.05, 3.63) is 41.5 Å². The summed E-state index contributed by atoms with van der Waals surface area (Å²) in [6, 6.07) is 8.75. The molecular weight excluding hydrogens is 188 g/mol. The van der Waals surface area contributed by atoms with E-state index in [1.165, 1.54) is 6.08 Å². The molecule has 0 aliphatic carbocycles. The van der Waals surface area contributed by atoms with Crippen LogP contribution in [0.4, 0.5) is 5.69 Å². The van der Waals surface area contributed by atoms with Crippen LogP contribution in [0.25, 0.3) is 0 Å². The Morgan fingerprint density at radius 3 is 2.40 bits per heavy atom. The van der Waals surface area contributed by atoms with Crippen molar-refractivity contribution < 1.29 is 4.79 Å². The van der Waals surface area contributed by atoms with Gasteiger partial charge in [-0.15, -0.1) is 0 Å². The van der Waals surface area contributed by atoms with E-state index in [1.54, 1.807) is 24.3 Å². The average Bonchev–Trinajstić information content (AvgIpc) is 2.17. The molecule has 1 aromatic rings. The molecule has 0 spiro atoms. The fourth-order valence-electron chi connectivity index (χ4n) is 1.07. The molecule has 3 heteroatoms. The molecule has 15 heavy (non-hydrogen) atoms. The predicted molar refractivity (Wildman–Crippen MR) is 59.2 cm³/mol. The van der Waals surface area contributed by atoms with E-state index in [4.69, 9.17) is 5.26 Å². The van der Waals surface area contributed by atoms with Crippen LogP contribution in [0.2, 0.25) is 0 Å². The first-order chi connectivity index (χ1) is 7.11. The molecule has 1 aromatic carbocycles. The number of carbonyl (C=O) groups excluding carboxylic acids is 1. The van der Waals surface area contributed by atoms with Crippen LogP contribution in [0.15, 0.2) is 35.9 Å². The summed E-state index contributed by atoms with van der Waals surface area (Å²) in [4.78, 5) is 11.3. The maximum absolute atomic E-state index is 11.3. The minimum Gasteiger partial charge on any atom is -0.323 e. The van der Waals surface area contributed by atoms with Crippen molar-refractivity contribution in [2.45, 2.75) is 13.8 Å². The smallest absolute Gasteiger partial charge is 0.248 e. The molecule has 3 nitrogen and oxygen atoms in total. The first kappa shape index (κ1) is 11.0. The number of nitrogens with zero attached hydrogens (tertiary/aromatic N) is 1. The van der Waals surface area contributed by atoms with Gasteiger partial charge in [0.05, 0.1) is 11.6 Å². The number of nitrogens with one attached hydrogen (secondary N) is 1. The third-order valence-electron chi connectivity index (χ3n) is 1.70. The number of carbonyl (C=O) groups is 1. The predicted octanol–water partition coefficient (Wildman–Crippen LogP) is 2.46. The minimum absolute atomic E-state index is 0.153. The van der Waals surface area contributed by atoms with Crippen LogP contribution in [0, 0.1) is 11.3 Å². The van der Waals surface area contributed by atoms with Crippen molar-refractivity contribution in [3.8, 4) is 6.07 Å². The van der Waals surface area contributed by atoms with Crippen LogP contribution >= 0.6 is 0 Å². The van der Waals surface area contributed by atoms with Crippen LogP contribution in [0.3, 0.4) is 0 Å². The number of nitriles is 1. The van der Waals surface area contributed by atoms with Crippen molar-refractivity contribution in [2.24, 2.45) is 0 Å². The molecule has 0 aromatic heterocycles. The molecule has 0 radical (unpaired) electrons. The summed E-state index contributed by atoms with van der Waals surface area (Å²) in [5, 5.41) is 11.3. The number of hydrogen-bond donors (Lipinski definition) is 1. The topological polar surface area (TPSA) is 52.9 Å². The van der Waals surface area contributed by atoms with Crippen LogP contribution in [-0.2, 0) is 4.79 Å². The van der Waals surface area contributed by atoms with Gasteiger partial charge >= 0.3 is 0 Å². The number of hydrogen-bond acceptors (Lipinski definition) is 2. The third-order valence-corrected chi connectivity index (χ3v) is 1.70. The SMILES string of the molecule is CC(C)=CC(=O)Nc1ccc(C#N)cc1. The summed E-state index contributed by atoms with van der Waals surface area (Å²) < 4.78 is 0. The Morgan fingerprint density at radius 1 is 1.33 bits per heavy atom. The number of anilines is 1. The van der Waals surface area contributed by atoms with Gasteiger partial charge in [0.15, 0.2) is 0 Å². The summed E-state index contributed by atoms with van der Waals surface area (Å²) in [6.45, 7) is 3.72. The van der Waals surface area contributed by atoms with Gasteiger partial charge in [-0.2, -0.15) is 5.26 Å². The van der Waals surface area contributed by atoms with Gasteiger partial charge in [-0.05, 0) is 38.1 Å². The van der Waals surface area contributed by atoms with E-state index in [-0.39, 0.29) is 5.91 Å². The highest BCUT2D eigenvalue weighted by Gasteiger charge is 1.98. The Balaban J connectivity index is 2.70. The molecule has 0 saturated heterocycles. The second kappa shape index (κ2) is 4.97. The molecular formula is C12H12N2O. The van der Waals surface area contributed by atoms with E-state index < -0.39 is 0 Å². The van der Waals surface area contributed by atoms with Gasteiger partial charge in [0, 0.05) is 11.8 Å². The lowest BCUT2D eigenvalue weighted by molar-refractivity contribution is -0.111. The molecule has 0 unspecified atom stereocenters. The van der Waals surface area contributed by atoms with Gasteiger partial charge in [-0.25, -0.2) is 0 Å². The highest BCUT2D eigenvalue weighted by atomic mass is 16.1. The molecule has 0 atom stereocenters.